The van der Waals surface area contributed by atoms with Crippen molar-refractivity contribution in [1.29, 1.82) is 0 Å². The van der Waals surface area contributed by atoms with Crippen molar-refractivity contribution >= 4 is 66.4 Å². The van der Waals surface area contributed by atoms with E-state index in [4.69, 9.17) is 4.74 Å². The van der Waals surface area contributed by atoms with Gasteiger partial charge in [0.2, 0.25) is 11.1 Å². The summed E-state index contributed by atoms with van der Waals surface area (Å²) >= 11 is 2.67. The van der Waals surface area contributed by atoms with Gasteiger partial charge in [-0.25, -0.2) is 9.97 Å². The number of benzene rings is 2. The van der Waals surface area contributed by atoms with E-state index in [-0.39, 0.29) is 11.7 Å². The van der Waals surface area contributed by atoms with Gasteiger partial charge in [-0.1, -0.05) is 35.2 Å². The first-order chi connectivity index (χ1) is 14.2. The zero-order chi connectivity index (χ0) is 19.8. The van der Waals surface area contributed by atoms with Crippen molar-refractivity contribution in [2.75, 3.05) is 18.2 Å². The molecule has 0 saturated heterocycles. The molecule has 0 radical (unpaired) electrons. The molecule has 1 amide bonds. The van der Waals surface area contributed by atoms with Crippen LogP contribution in [0.3, 0.4) is 0 Å². The van der Waals surface area contributed by atoms with E-state index < -0.39 is 0 Å². The van der Waals surface area contributed by atoms with Crippen LogP contribution in [-0.2, 0) is 4.79 Å². The Morgan fingerprint density at radius 1 is 1.21 bits per heavy atom. The van der Waals surface area contributed by atoms with Crippen LogP contribution in [0, 0.1) is 0 Å². The largest absolute Gasteiger partial charge is 0.497 e. The van der Waals surface area contributed by atoms with Gasteiger partial charge in [0.25, 0.3) is 0 Å². The Bertz CT molecular complexity index is 1330. The third kappa shape index (κ3) is 3.47. The summed E-state index contributed by atoms with van der Waals surface area (Å²) in [6.07, 6.45) is 0. The predicted octanol–water partition coefficient (Wildman–Crippen LogP) is 3.86. The van der Waals surface area contributed by atoms with Gasteiger partial charge in [-0.05, 0) is 30.3 Å². The molecule has 0 aliphatic rings. The summed E-state index contributed by atoms with van der Waals surface area (Å²) in [6, 6.07) is 13.4. The lowest BCUT2D eigenvalue weighted by Crippen LogP contribution is -2.14. The first kappa shape index (κ1) is 17.8. The average molecular weight is 422 g/mol. The molecule has 0 aliphatic carbocycles. The van der Waals surface area contributed by atoms with E-state index in [0.29, 0.717) is 21.5 Å². The maximum absolute atomic E-state index is 12.3. The van der Waals surface area contributed by atoms with Crippen LogP contribution in [-0.4, -0.2) is 43.9 Å². The van der Waals surface area contributed by atoms with Crippen LogP contribution in [0.2, 0.25) is 0 Å². The summed E-state index contributed by atoms with van der Waals surface area (Å²) in [5.74, 6) is 0.737. The number of fused-ring (bicyclic) bond motifs is 4. The molecular formula is C19H14N6O2S2. The second kappa shape index (κ2) is 7.30. The number of ether oxygens (including phenoxy) is 1. The summed E-state index contributed by atoms with van der Waals surface area (Å²) in [7, 11) is 1.62. The summed E-state index contributed by atoms with van der Waals surface area (Å²) < 4.78 is 6.29. The van der Waals surface area contributed by atoms with E-state index in [9.17, 15) is 4.79 Å². The van der Waals surface area contributed by atoms with Crippen LogP contribution >= 0.6 is 23.1 Å². The molecule has 3 aromatic heterocycles. The fourth-order valence-electron chi connectivity index (χ4n) is 2.93. The van der Waals surface area contributed by atoms with Crippen LogP contribution in [0.4, 0.5) is 5.13 Å². The van der Waals surface area contributed by atoms with Gasteiger partial charge in [0.05, 0.1) is 23.1 Å². The molecule has 0 atom stereocenters. The van der Waals surface area contributed by atoms with Gasteiger partial charge in [0, 0.05) is 10.9 Å². The first-order valence-corrected chi connectivity index (χ1v) is 10.5. The summed E-state index contributed by atoms with van der Waals surface area (Å²) in [5, 5.41) is 13.1. The number of H-pyrrole nitrogens is 1. The Kier molecular flexibility index (Phi) is 4.49. The highest BCUT2D eigenvalue weighted by molar-refractivity contribution is 7.99. The van der Waals surface area contributed by atoms with Gasteiger partial charge in [-0.2, -0.15) is 0 Å². The summed E-state index contributed by atoms with van der Waals surface area (Å²) in [5.41, 5.74) is 3.06. The van der Waals surface area contributed by atoms with Crippen LogP contribution in [0.1, 0.15) is 0 Å². The Balaban J connectivity index is 1.30. The minimum Gasteiger partial charge on any atom is -0.497 e. The van der Waals surface area contributed by atoms with E-state index in [1.165, 1.54) is 23.1 Å². The fraction of sp³-hybridized carbons (Fsp3) is 0.105. The third-order valence-electron chi connectivity index (χ3n) is 4.27. The number of anilines is 1. The molecule has 0 spiro atoms. The second-order valence-electron chi connectivity index (χ2n) is 6.15. The van der Waals surface area contributed by atoms with Gasteiger partial charge in [0.1, 0.15) is 11.3 Å². The zero-order valence-electron chi connectivity index (χ0n) is 15.2. The molecule has 0 bridgehead atoms. The van der Waals surface area contributed by atoms with Crippen molar-refractivity contribution in [3.05, 3.63) is 42.5 Å². The van der Waals surface area contributed by atoms with Gasteiger partial charge in [0.15, 0.2) is 10.8 Å². The number of thioether (sulfide) groups is 1. The number of aromatic amines is 1. The van der Waals surface area contributed by atoms with E-state index in [0.717, 1.165) is 26.9 Å². The van der Waals surface area contributed by atoms with Gasteiger partial charge in [-0.15, -0.1) is 10.2 Å². The molecule has 5 aromatic rings. The molecule has 2 N–H and O–H groups in total. The number of hydrogen-bond donors (Lipinski definition) is 2. The van der Waals surface area contributed by atoms with Crippen molar-refractivity contribution in [2.45, 2.75) is 5.16 Å². The molecule has 2 aromatic carbocycles. The minimum absolute atomic E-state index is 0.164. The van der Waals surface area contributed by atoms with Crippen molar-refractivity contribution in [3.63, 3.8) is 0 Å². The van der Waals surface area contributed by atoms with Crippen LogP contribution < -0.4 is 10.1 Å². The smallest absolute Gasteiger partial charge is 0.236 e. The second-order valence-corrected chi connectivity index (χ2v) is 8.12. The number of carbonyl (C=O) groups is 1. The topological polar surface area (TPSA) is 106 Å². The van der Waals surface area contributed by atoms with Crippen molar-refractivity contribution in [1.82, 2.24) is 25.1 Å². The van der Waals surface area contributed by atoms with Gasteiger partial charge >= 0.3 is 0 Å². The quantitative estimate of drug-likeness (QED) is 0.414. The Labute approximate surface area is 172 Å². The monoisotopic (exact) mass is 422 g/mol. The lowest BCUT2D eigenvalue weighted by molar-refractivity contribution is -0.113. The lowest BCUT2D eigenvalue weighted by Gasteiger charge is -2.00. The number of thiazole rings is 1. The van der Waals surface area contributed by atoms with Crippen LogP contribution in [0.5, 0.6) is 5.75 Å². The molecule has 29 heavy (non-hydrogen) atoms. The number of aromatic nitrogens is 5. The van der Waals surface area contributed by atoms with Crippen molar-refractivity contribution in [3.8, 4) is 5.75 Å². The standard InChI is InChI=1S/C19H14N6O2S2/c1-27-10-6-7-12-11(8-10)16-17(20-12)23-19(25-24-16)28-9-15(26)22-18-21-13-4-2-3-5-14(13)29-18/h2-8H,9H2,1H3,(H,20,23,25)(H,21,22,26). The maximum Gasteiger partial charge on any atom is 0.236 e. The highest BCUT2D eigenvalue weighted by atomic mass is 32.2. The van der Waals surface area contributed by atoms with Gasteiger partial charge in [-0.3, -0.25) is 4.79 Å². The number of nitrogens with zero attached hydrogens (tertiary/aromatic N) is 4. The van der Waals surface area contributed by atoms with E-state index in [2.05, 4.69) is 30.5 Å². The number of carbonyl (C=O) groups excluding carboxylic acids is 1. The highest BCUT2D eigenvalue weighted by Crippen LogP contribution is 2.28. The van der Waals surface area contributed by atoms with E-state index in [1.54, 1.807) is 7.11 Å². The Morgan fingerprint density at radius 3 is 2.97 bits per heavy atom. The molecule has 144 valence electrons. The van der Waals surface area contributed by atoms with Crippen molar-refractivity contribution in [2.24, 2.45) is 0 Å². The zero-order valence-corrected chi connectivity index (χ0v) is 16.8. The number of nitrogens with one attached hydrogen (secondary N) is 2. The number of amides is 1. The molecular weight excluding hydrogens is 408 g/mol. The van der Waals surface area contributed by atoms with Gasteiger partial charge < -0.3 is 15.0 Å². The molecule has 5 rings (SSSR count). The predicted molar refractivity (Wildman–Crippen MR) is 115 cm³/mol. The SMILES string of the molecule is COc1ccc2[nH]c3nc(SCC(=O)Nc4nc5ccccc5s4)nnc3c2c1. The molecule has 8 nitrogen and oxygen atoms in total. The number of methoxy groups -OCH3 is 1. The van der Waals surface area contributed by atoms with Crippen LogP contribution in [0.25, 0.3) is 32.3 Å². The Hall–Kier alpha value is -3.24. The molecule has 0 fully saturated rings. The molecule has 0 saturated carbocycles. The minimum atomic E-state index is -0.167. The molecule has 3 heterocycles. The number of hydrogen-bond acceptors (Lipinski definition) is 8. The van der Waals surface area contributed by atoms with Crippen molar-refractivity contribution < 1.29 is 9.53 Å². The molecule has 0 unspecified atom stereocenters. The summed E-state index contributed by atoms with van der Waals surface area (Å²) in [4.78, 5) is 24.4. The Morgan fingerprint density at radius 2 is 2.10 bits per heavy atom. The number of rotatable bonds is 5. The molecule has 0 aliphatic heterocycles. The summed E-state index contributed by atoms with van der Waals surface area (Å²) in [6.45, 7) is 0. The lowest BCUT2D eigenvalue weighted by atomic mass is 10.2. The first-order valence-electron chi connectivity index (χ1n) is 8.68. The highest BCUT2D eigenvalue weighted by Gasteiger charge is 2.13. The van der Waals surface area contributed by atoms with Crippen LogP contribution in [0.15, 0.2) is 47.6 Å². The molecule has 10 heteroatoms. The maximum atomic E-state index is 12.3. The van der Waals surface area contributed by atoms with E-state index in [1.807, 2.05) is 42.5 Å². The average Bonchev–Trinajstić information content (AvgIpc) is 3.31. The number of para-hydroxylation sites is 1. The third-order valence-corrected chi connectivity index (χ3v) is 6.06. The fourth-order valence-corrected chi connectivity index (χ4v) is 4.40. The van der Waals surface area contributed by atoms with E-state index >= 15 is 0 Å². The normalized spacial score (nSPS) is 11.3.